The lowest BCUT2D eigenvalue weighted by atomic mass is 10.2. The lowest BCUT2D eigenvalue weighted by molar-refractivity contribution is 0.392. The first-order valence-corrected chi connectivity index (χ1v) is 6.29. The van der Waals surface area contributed by atoms with E-state index in [9.17, 15) is 8.42 Å². The largest absolute Gasteiger partial charge is 0.497 e. The van der Waals surface area contributed by atoms with Crippen LogP contribution in [-0.2, 0) is 15.8 Å². The number of hydrogen-bond acceptors (Lipinski definition) is 4. The van der Waals surface area contributed by atoms with Crippen molar-refractivity contribution in [3.63, 3.8) is 0 Å². The van der Waals surface area contributed by atoms with Gasteiger partial charge in [0.15, 0.2) is 0 Å². The maximum absolute atomic E-state index is 11.4. The molecule has 0 aliphatic heterocycles. The van der Waals surface area contributed by atoms with Gasteiger partial charge in [-0.25, -0.2) is 13.1 Å². The molecule has 6 heteroatoms. The quantitative estimate of drug-likeness (QED) is 0.831. The van der Waals surface area contributed by atoms with E-state index in [0.29, 0.717) is 17.1 Å². The molecule has 16 heavy (non-hydrogen) atoms. The Bertz CT molecular complexity index is 456. The Morgan fingerprint density at radius 2 is 1.94 bits per heavy atom. The smallest absolute Gasteiger partial charge is 0.215 e. The van der Waals surface area contributed by atoms with Crippen LogP contribution >= 0.6 is 0 Å². The van der Waals surface area contributed by atoms with Crippen LogP contribution in [0.3, 0.4) is 0 Å². The number of sulfonamides is 1. The summed E-state index contributed by atoms with van der Waals surface area (Å²) in [5, 5.41) is 0. The molecule has 0 bridgehead atoms. The number of methoxy groups -OCH3 is 2. The molecule has 0 aromatic heterocycles. The third-order valence-corrected chi connectivity index (χ3v) is 3.46. The van der Waals surface area contributed by atoms with Crippen LogP contribution in [0.5, 0.6) is 11.5 Å². The summed E-state index contributed by atoms with van der Waals surface area (Å²) in [5.41, 5.74) is 0.595. The number of benzene rings is 1. The van der Waals surface area contributed by atoms with Gasteiger partial charge in [0.1, 0.15) is 11.5 Å². The minimum absolute atomic E-state index is 0.114. The fourth-order valence-corrected chi connectivity index (χ4v) is 2.04. The van der Waals surface area contributed by atoms with Gasteiger partial charge in [-0.1, -0.05) is 6.07 Å². The van der Waals surface area contributed by atoms with Gasteiger partial charge in [-0.15, -0.1) is 0 Å². The van der Waals surface area contributed by atoms with Crippen LogP contribution in [0.15, 0.2) is 18.2 Å². The number of nitrogens with one attached hydrogen (secondary N) is 1. The van der Waals surface area contributed by atoms with E-state index < -0.39 is 10.0 Å². The second-order valence-corrected chi connectivity index (χ2v) is 5.07. The Hall–Kier alpha value is -1.27. The molecule has 0 saturated carbocycles. The molecular weight excluding hydrogens is 230 g/mol. The van der Waals surface area contributed by atoms with Crippen molar-refractivity contribution in [2.45, 2.75) is 5.75 Å². The molecule has 1 aromatic carbocycles. The number of hydrogen-bond donors (Lipinski definition) is 1. The van der Waals surface area contributed by atoms with Crippen molar-refractivity contribution >= 4 is 10.0 Å². The Kier molecular flexibility index (Phi) is 4.14. The van der Waals surface area contributed by atoms with Crippen LogP contribution in [0.25, 0.3) is 0 Å². The highest BCUT2D eigenvalue weighted by molar-refractivity contribution is 7.88. The molecule has 0 saturated heterocycles. The molecule has 0 atom stereocenters. The maximum atomic E-state index is 11.4. The molecule has 0 heterocycles. The molecule has 1 aromatic rings. The zero-order valence-corrected chi connectivity index (χ0v) is 10.3. The van der Waals surface area contributed by atoms with E-state index in [0.717, 1.165) is 0 Å². The highest BCUT2D eigenvalue weighted by Gasteiger charge is 2.13. The Balaban J connectivity index is 3.05. The molecule has 0 spiro atoms. The predicted molar refractivity (Wildman–Crippen MR) is 61.2 cm³/mol. The first-order chi connectivity index (χ1) is 7.52. The van der Waals surface area contributed by atoms with Crippen LogP contribution in [0.2, 0.25) is 0 Å². The molecule has 5 nitrogen and oxygen atoms in total. The monoisotopic (exact) mass is 245 g/mol. The van der Waals surface area contributed by atoms with Gasteiger partial charge in [-0.2, -0.15) is 0 Å². The highest BCUT2D eigenvalue weighted by atomic mass is 32.2. The van der Waals surface area contributed by atoms with Gasteiger partial charge >= 0.3 is 0 Å². The molecule has 0 fully saturated rings. The number of rotatable bonds is 5. The average molecular weight is 245 g/mol. The Morgan fingerprint density at radius 3 is 2.44 bits per heavy atom. The first-order valence-electron chi connectivity index (χ1n) is 4.64. The van der Waals surface area contributed by atoms with Gasteiger partial charge in [0.25, 0.3) is 0 Å². The summed E-state index contributed by atoms with van der Waals surface area (Å²) in [7, 11) is 1.12. The third kappa shape index (κ3) is 3.11. The third-order valence-electron chi connectivity index (χ3n) is 2.15. The molecular formula is C10H15NO4S. The highest BCUT2D eigenvalue weighted by Crippen LogP contribution is 2.25. The van der Waals surface area contributed by atoms with Crippen molar-refractivity contribution in [2.75, 3.05) is 21.3 Å². The maximum Gasteiger partial charge on any atom is 0.215 e. The fourth-order valence-electron chi connectivity index (χ4n) is 1.25. The molecule has 1 rings (SSSR count). The molecule has 0 radical (unpaired) electrons. The molecule has 90 valence electrons. The number of ether oxygens (including phenoxy) is 2. The van der Waals surface area contributed by atoms with Crippen LogP contribution in [-0.4, -0.2) is 29.7 Å². The summed E-state index contributed by atoms with van der Waals surface area (Å²) in [6.07, 6.45) is 0. The summed E-state index contributed by atoms with van der Waals surface area (Å²) in [4.78, 5) is 0. The molecule has 0 unspecified atom stereocenters. The van der Waals surface area contributed by atoms with Gasteiger partial charge in [0.2, 0.25) is 10.0 Å². The van der Waals surface area contributed by atoms with E-state index in [4.69, 9.17) is 9.47 Å². The summed E-state index contributed by atoms with van der Waals surface area (Å²) < 4.78 is 35.2. The van der Waals surface area contributed by atoms with Gasteiger partial charge in [-0.05, 0) is 13.1 Å². The molecule has 0 aliphatic rings. The van der Waals surface area contributed by atoms with Crippen LogP contribution < -0.4 is 14.2 Å². The Labute approximate surface area is 95.4 Å². The van der Waals surface area contributed by atoms with Crippen LogP contribution in [0, 0.1) is 0 Å². The standard InChI is InChI=1S/C10H15NO4S/c1-11-16(12,13)7-8-4-5-9(14-2)6-10(8)15-3/h4-6,11H,7H2,1-3H3. The van der Waals surface area contributed by atoms with Crippen molar-refractivity contribution in [3.05, 3.63) is 23.8 Å². The van der Waals surface area contributed by atoms with E-state index in [1.165, 1.54) is 14.2 Å². The predicted octanol–water partition coefficient (Wildman–Crippen LogP) is 0.753. The molecule has 0 amide bonds. The minimum atomic E-state index is -3.30. The molecule has 0 aliphatic carbocycles. The van der Waals surface area contributed by atoms with E-state index in [1.807, 2.05) is 0 Å². The Morgan fingerprint density at radius 1 is 1.25 bits per heavy atom. The van der Waals surface area contributed by atoms with Crippen LogP contribution in [0.1, 0.15) is 5.56 Å². The summed E-state index contributed by atoms with van der Waals surface area (Å²) in [6.45, 7) is 0. The van der Waals surface area contributed by atoms with E-state index in [1.54, 1.807) is 25.3 Å². The zero-order valence-electron chi connectivity index (χ0n) is 9.48. The van der Waals surface area contributed by atoms with E-state index in [-0.39, 0.29) is 5.75 Å². The van der Waals surface area contributed by atoms with Gasteiger partial charge in [0, 0.05) is 11.6 Å². The van der Waals surface area contributed by atoms with Gasteiger partial charge < -0.3 is 9.47 Å². The zero-order chi connectivity index (χ0) is 12.2. The van der Waals surface area contributed by atoms with Gasteiger partial charge in [-0.3, -0.25) is 0 Å². The van der Waals surface area contributed by atoms with Crippen LogP contribution in [0.4, 0.5) is 0 Å². The minimum Gasteiger partial charge on any atom is -0.497 e. The SMILES string of the molecule is CNS(=O)(=O)Cc1ccc(OC)cc1OC. The second-order valence-electron chi connectivity index (χ2n) is 3.14. The lowest BCUT2D eigenvalue weighted by Crippen LogP contribution is -2.20. The fraction of sp³-hybridized carbons (Fsp3) is 0.400. The van der Waals surface area contributed by atoms with Crippen molar-refractivity contribution in [1.82, 2.24) is 4.72 Å². The summed E-state index contributed by atoms with van der Waals surface area (Å²) in [5.74, 6) is 1.01. The summed E-state index contributed by atoms with van der Waals surface area (Å²) in [6, 6.07) is 5.02. The van der Waals surface area contributed by atoms with Gasteiger partial charge in [0.05, 0.1) is 20.0 Å². The van der Waals surface area contributed by atoms with Crippen molar-refractivity contribution in [1.29, 1.82) is 0 Å². The first kappa shape index (κ1) is 12.8. The second kappa shape index (κ2) is 5.18. The van der Waals surface area contributed by atoms with E-state index in [2.05, 4.69) is 4.72 Å². The van der Waals surface area contributed by atoms with Crippen molar-refractivity contribution in [2.24, 2.45) is 0 Å². The normalized spacial score (nSPS) is 11.2. The van der Waals surface area contributed by atoms with Crippen molar-refractivity contribution < 1.29 is 17.9 Å². The molecule has 1 N–H and O–H groups in total. The topological polar surface area (TPSA) is 64.6 Å². The lowest BCUT2D eigenvalue weighted by Gasteiger charge is -2.10. The van der Waals surface area contributed by atoms with Crippen molar-refractivity contribution in [3.8, 4) is 11.5 Å². The summed E-state index contributed by atoms with van der Waals surface area (Å²) >= 11 is 0. The van der Waals surface area contributed by atoms with E-state index >= 15 is 0 Å². The average Bonchev–Trinajstić information content (AvgIpc) is 2.29.